The first-order valence-corrected chi connectivity index (χ1v) is 16.1. The van der Waals surface area contributed by atoms with Crippen LogP contribution >= 0.6 is 0 Å². The number of carbonyl (C=O) groups is 11. The number of hydroxylamine groups is 6. The number of benzene rings is 1. The Hall–Kier alpha value is -6.32. The van der Waals surface area contributed by atoms with Gasteiger partial charge in [-0.2, -0.15) is 0 Å². The standard InChI is InChI=1S/C32H34N4O14.CHN/c37-21(20-4-2-1-3-5-20)6-7-22(38)33-32(17-14-29(45)48-34-23(39)8-9-24(34)40,18-15-30(46)49-35-25(41)10-11-26(35)42)19-16-31(47)50-36-27(43)12-13-28(36)44;1-2/h1-5H,6-19H2,(H,33,38);1H. The Labute approximate surface area is 295 Å². The van der Waals surface area contributed by atoms with Crippen LogP contribution in [0.5, 0.6) is 0 Å². The molecule has 19 nitrogen and oxygen atoms in total. The van der Waals surface area contributed by atoms with Crippen LogP contribution in [0, 0.1) is 11.8 Å². The van der Waals surface area contributed by atoms with Gasteiger partial charge in [0.25, 0.3) is 35.4 Å². The van der Waals surface area contributed by atoms with Crippen molar-refractivity contribution in [1.29, 1.82) is 5.26 Å². The number of hydrogen-bond donors (Lipinski definition) is 1. The first-order chi connectivity index (χ1) is 24.8. The Bertz CT molecular complexity index is 1480. The molecule has 0 saturated carbocycles. The zero-order valence-corrected chi connectivity index (χ0v) is 27.9. The highest BCUT2D eigenvalue weighted by Crippen LogP contribution is 2.29. The molecule has 3 saturated heterocycles. The van der Waals surface area contributed by atoms with E-state index in [0.29, 0.717) is 20.8 Å². The van der Waals surface area contributed by atoms with Crippen molar-refractivity contribution in [3.05, 3.63) is 35.9 Å². The SMILES string of the molecule is C#N.O=C(CCC(=O)c1ccccc1)NC(CCC(=O)ON1C(=O)CCC1=O)(CCC(=O)ON1C(=O)CCC1=O)CCC(=O)ON1C(=O)CCC1=O. The van der Waals surface area contributed by atoms with Crippen LogP contribution in [0.4, 0.5) is 0 Å². The molecule has 1 N–H and O–H groups in total. The van der Waals surface area contributed by atoms with Crippen molar-refractivity contribution < 1.29 is 67.3 Å². The molecule has 19 heteroatoms. The molecule has 1 aromatic rings. The van der Waals surface area contributed by atoms with Gasteiger partial charge in [-0.25, -0.2) is 19.6 Å². The van der Waals surface area contributed by atoms with Crippen LogP contribution in [0.1, 0.15) is 100 Å². The number of Topliss-reactive ketones (excluding diaryl/α,β-unsaturated/α-hetero) is 1. The lowest BCUT2D eigenvalue weighted by atomic mass is 9.83. The highest BCUT2D eigenvalue weighted by atomic mass is 16.7. The van der Waals surface area contributed by atoms with Gasteiger partial charge in [0, 0.05) is 69.0 Å². The van der Waals surface area contributed by atoms with Crippen molar-refractivity contribution in [2.24, 2.45) is 0 Å². The summed E-state index contributed by atoms with van der Waals surface area (Å²) >= 11 is 0. The lowest BCUT2D eigenvalue weighted by Gasteiger charge is -2.35. The zero-order chi connectivity index (χ0) is 38.4. The van der Waals surface area contributed by atoms with Gasteiger partial charge in [0.2, 0.25) is 5.91 Å². The van der Waals surface area contributed by atoms with Crippen LogP contribution in [-0.4, -0.2) is 85.8 Å². The molecule has 0 spiro atoms. The number of nitrogens with zero attached hydrogens (tertiary/aromatic N) is 4. The van der Waals surface area contributed by atoms with Crippen molar-refractivity contribution in [2.75, 3.05) is 0 Å². The summed E-state index contributed by atoms with van der Waals surface area (Å²) in [6, 6.07) is 8.13. The Morgan fingerprint density at radius 2 is 0.885 bits per heavy atom. The largest absolute Gasteiger partial charge is 0.351 e. The monoisotopic (exact) mass is 725 g/mol. The van der Waals surface area contributed by atoms with Crippen LogP contribution in [0.3, 0.4) is 0 Å². The van der Waals surface area contributed by atoms with Crippen molar-refractivity contribution in [3.8, 4) is 6.57 Å². The zero-order valence-electron chi connectivity index (χ0n) is 27.9. The molecule has 0 aliphatic carbocycles. The number of carbonyl (C=O) groups excluding carboxylic acids is 11. The van der Waals surface area contributed by atoms with E-state index in [1.807, 2.05) is 0 Å². The second-order valence-corrected chi connectivity index (χ2v) is 11.8. The molecule has 52 heavy (non-hydrogen) atoms. The summed E-state index contributed by atoms with van der Waals surface area (Å²) in [4.78, 5) is 151. The van der Waals surface area contributed by atoms with Gasteiger partial charge in [-0.1, -0.05) is 30.3 Å². The maximum Gasteiger partial charge on any atom is 0.333 e. The summed E-state index contributed by atoms with van der Waals surface area (Å²) < 4.78 is 0. The molecule has 1 aromatic carbocycles. The van der Waals surface area contributed by atoms with Crippen LogP contribution < -0.4 is 5.32 Å². The number of rotatable bonds is 17. The van der Waals surface area contributed by atoms with E-state index in [-0.39, 0.29) is 76.4 Å². The fourth-order valence-corrected chi connectivity index (χ4v) is 5.36. The van der Waals surface area contributed by atoms with Crippen LogP contribution in [-0.2, 0) is 62.5 Å². The van der Waals surface area contributed by atoms with E-state index in [0.717, 1.165) is 0 Å². The minimum Gasteiger partial charge on any atom is -0.351 e. The van der Waals surface area contributed by atoms with Crippen LogP contribution in [0.25, 0.3) is 0 Å². The summed E-state index contributed by atoms with van der Waals surface area (Å²) in [7, 11) is 0. The van der Waals surface area contributed by atoms with E-state index in [4.69, 9.17) is 19.8 Å². The topological polar surface area (TPSA) is 261 Å². The third-order valence-electron chi connectivity index (χ3n) is 8.10. The molecule has 3 fully saturated rings. The number of ketones is 1. The number of hydrogen-bond acceptors (Lipinski definition) is 15. The second kappa shape index (κ2) is 18.6. The quantitative estimate of drug-likeness (QED) is 0.172. The molecule has 0 unspecified atom stereocenters. The van der Waals surface area contributed by atoms with E-state index < -0.39 is 84.1 Å². The number of nitrogens with one attached hydrogen (secondary N) is 1. The van der Waals surface area contributed by atoms with Gasteiger partial charge in [-0.05, 0) is 19.3 Å². The maximum atomic E-state index is 13.3. The fraction of sp³-hybridized carbons (Fsp3) is 0.455. The molecule has 0 bridgehead atoms. The van der Waals surface area contributed by atoms with Gasteiger partial charge in [0.05, 0.1) is 19.3 Å². The molecule has 0 atom stereocenters. The number of nitriles is 1. The van der Waals surface area contributed by atoms with Crippen molar-refractivity contribution in [1.82, 2.24) is 20.5 Å². The van der Waals surface area contributed by atoms with Crippen molar-refractivity contribution in [3.63, 3.8) is 0 Å². The predicted octanol–water partition coefficient (Wildman–Crippen LogP) is 0.806. The van der Waals surface area contributed by atoms with E-state index in [9.17, 15) is 52.7 Å². The van der Waals surface area contributed by atoms with Gasteiger partial charge in [0.1, 0.15) is 0 Å². The third-order valence-corrected chi connectivity index (χ3v) is 8.10. The van der Waals surface area contributed by atoms with Crippen molar-refractivity contribution in [2.45, 2.75) is 95.4 Å². The lowest BCUT2D eigenvalue weighted by molar-refractivity contribution is -0.198. The summed E-state index contributed by atoms with van der Waals surface area (Å²) in [5, 5.41) is 10.1. The van der Waals surface area contributed by atoms with Crippen LogP contribution in [0.2, 0.25) is 0 Å². The molecule has 4 rings (SSSR count). The average molecular weight is 726 g/mol. The molecule has 0 radical (unpaired) electrons. The minimum atomic E-state index is -1.67. The summed E-state index contributed by atoms with van der Waals surface area (Å²) in [6.45, 7) is 3.50. The average Bonchev–Trinajstić information content (AvgIpc) is 3.75. The summed E-state index contributed by atoms with van der Waals surface area (Å²) in [5.41, 5.74) is -1.32. The van der Waals surface area contributed by atoms with E-state index in [1.54, 1.807) is 30.3 Å². The highest BCUT2D eigenvalue weighted by molar-refractivity contribution is 6.03. The molecule has 3 aliphatic rings. The highest BCUT2D eigenvalue weighted by Gasteiger charge is 2.39. The first-order valence-electron chi connectivity index (χ1n) is 16.1. The van der Waals surface area contributed by atoms with Gasteiger partial charge in [-0.15, -0.1) is 15.2 Å². The number of amides is 7. The molecule has 276 valence electrons. The normalized spacial score (nSPS) is 15.7. The minimum absolute atomic E-state index is 0.165. The lowest BCUT2D eigenvalue weighted by Crippen LogP contribution is -2.50. The summed E-state index contributed by atoms with van der Waals surface area (Å²) in [6.07, 6.45) is -4.42. The fourth-order valence-electron chi connectivity index (χ4n) is 5.36. The Morgan fingerprint density at radius 3 is 1.21 bits per heavy atom. The first kappa shape index (κ1) is 40.1. The Balaban J connectivity index is 0.00000358. The smallest absolute Gasteiger partial charge is 0.333 e. The molecular weight excluding hydrogens is 690 g/mol. The Morgan fingerprint density at radius 1 is 0.558 bits per heavy atom. The van der Waals surface area contributed by atoms with Crippen LogP contribution in [0.15, 0.2) is 30.3 Å². The molecular formula is C33H35N5O14. The van der Waals surface area contributed by atoms with E-state index >= 15 is 0 Å². The van der Waals surface area contributed by atoms with E-state index in [1.165, 1.54) is 0 Å². The molecule has 7 amide bonds. The summed E-state index contributed by atoms with van der Waals surface area (Å²) in [5.74, 6) is -8.76. The third kappa shape index (κ3) is 11.1. The molecule has 3 heterocycles. The van der Waals surface area contributed by atoms with Gasteiger partial charge in [-0.3, -0.25) is 38.4 Å². The Kier molecular flexibility index (Phi) is 14.4. The van der Waals surface area contributed by atoms with Gasteiger partial charge >= 0.3 is 17.9 Å². The number of imide groups is 3. The van der Waals surface area contributed by atoms with Gasteiger partial charge in [0.15, 0.2) is 5.78 Å². The maximum absolute atomic E-state index is 13.3. The second-order valence-electron chi connectivity index (χ2n) is 11.8. The molecule has 0 aromatic heterocycles. The van der Waals surface area contributed by atoms with Gasteiger partial charge < -0.3 is 19.8 Å². The molecule has 3 aliphatic heterocycles. The predicted molar refractivity (Wildman–Crippen MR) is 167 cm³/mol. The van der Waals surface area contributed by atoms with E-state index in [2.05, 4.69) is 11.9 Å². The van der Waals surface area contributed by atoms with Crippen molar-refractivity contribution >= 4 is 65.0 Å².